The van der Waals surface area contributed by atoms with Gasteiger partial charge in [0.15, 0.2) is 0 Å². The Morgan fingerprint density at radius 3 is 2.77 bits per heavy atom. The van der Waals surface area contributed by atoms with Crippen LogP contribution in [-0.4, -0.2) is 56.6 Å². The molecule has 0 unspecified atom stereocenters. The molecular formula is C20H28N4O2. The number of carbonyl (C=O) groups is 1. The Hall–Kier alpha value is -2.60. The van der Waals surface area contributed by atoms with Crippen LogP contribution in [0, 0.1) is 0 Å². The van der Waals surface area contributed by atoms with Crippen LogP contribution in [0.25, 0.3) is 0 Å². The fraction of sp³-hybridized carbons (Fsp3) is 0.400. The molecule has 0 radical (unpaired) electrons. The molecule has 0 bridgehead atoms. The number of hydrogen-bond acceptors (Lipinski definition) is 5. The number of amides is 1. The molecular weight excluding hydrogens is 328 g/mol. The molecule has 0 spiro atoms. The van der Waals surface area contributed by atoms with Crippen molar-refractivity contribution < 1.29 is 9.53 Å². The van der Waals surface area contributed by atoms with E-state index >= 15 is 0 Å². The normalized spacial score (nSPS) is 10.6. The molecule has 6 heteroatoms. The molecule has 2 N–H and O–H groups in total. The Kier molecular flexibility index (Phi) is 7.89. The average Bonchev–Trinajstić information content (AvgIpc) is 2.65. The Balaban J connectivity index is 1.83. The standard InChI is InChI=1S/C20H28N4O2/c1-24(2)14-6-11-23-20(25)17-10-13-22-19(15-17)21-12-9-16-7-4-5-8-18(16)26-3/h4-5,7-8,10,13,15H,6,9,11-12,14H2,1-3H3,(H,21,22)(H,23,25). The minimum atomic E-state index is -0.0704. The second-order valence-electron chi connectivity index (χ2n) is 6.33. The number of carbonyl (C=O) groups excluding carboxylic acids is 1. The Morgan fingerprint density at radius 2 is 2.00 bits per heavy atom. The van der Waals surface area contributed by atoms with Crippen LogP contribution in [-0.2, 0) is 6.42 Å². The fourth-order valence-corrected chi connectivity index (χ4v) is 2.60. The van der Waals surface area contributed by atoms with E-state index in [0.29, 0.717) is 24.5 Å². The van der Waals surface area contributed by atoms with Gasteiger partial charge in [-0.1, -0.05) is 18.2 Å². The maximum atomic E-state index is 12.2. The van der Waals surface area contributed by atoms with Gasteiger partial charge in [0.25, 0.3) is 5.91 Å². The zero-order chi connectivity index (χ0) is 18.8. The Morgan fingerprint density at radius 1 is 1.19 bits per heavy atom. The number of hydrogen-bond donors (Lipinski definition) is 2. The molecule has 0 fully saturated rings. The lowest BCUT2D eigenvalue weighted by atomic mass is 10.1. The fourth-order valence-electron chi connectivity index (χ4n) is 2.60. The molecule has 2 aromatic rings. The summed E-state index contributed by atoms with van der Waals surface area (Å²) in [5, 5.41) is 6.21. The van der Waals surface area contributed by atoms with E-state index in [1.165, 1.54) is 0 Å². The monoisotopic (exact) mass is 356 g/mol. The molecule has 1 aromatic heterocycles. The Labute approximate surface area is 155 Å². The van der Waals surface area contributed by atoms with E-state index in [9.17, 15) is 4.79 Å². The maximum Gasteiger partial charge on any atom is 0.251 e. The highest BCUT2D eigenvalue weighted by Gasteiger charge is 2.07. The first-order chi connectivity index (χ1) is 12.6. The number of rotatable bonds is 10. The summed E-state index contributed by atoms with van der Waals surface area (Å²) in [7, 11) is 5.72. The summed E-state index contributed by atoms with van der Waals surface area (Å²) in [5.74, 6) is 1.51. The highest BCUT2D eigenvalue weighted by Crippen LogP contribution is 2.17. The van der Waals surface area contributed by atoms with E-state index in [4.69, 9.17) is 4.74 Å². The summed E-state index contributed by atoms with van der Waals surface area (Å²) in [6.45, 7) is 2.32. The van der Waals surface area contributed by atoms with E-state index in [1.54, 1.807) is 25.4 Å². The SMILES string of the molecule is COc1ccccc1CCNc1cc(C(=O)NCCCN(C)C)ccn1. The number of nitrogens with zero attached hydrogens (tertiary/aromatic N) is 2. The third-order valence-electron chi connectivity index (χ3n) is 3.98. The van der Waals surface area contributed by atoms with Gasteiger partial charge in [0, 0.05) is 24.8 Å². The number of methoxy groups -OCH3 is 1. The molecule has 1 heterocycles. The molecule has 1 amide bonds. The van der Waals surface area contributed by atoms with E-state index in [-0.39, 0.29) is 5.91 Å². The number of para-hydroxylation sites is 1. The van der Waals surface area contributed by atoms with Crippen molar-refractivity contribution in [1.29, 1.82) is 0 Å². The predicted molar refractivity (Wildman–Crippen MR) is 105 cm³/mol. The second-order valence-corrected chi connectivity index (χ2v) is 6.33. The summed E-state index contributed by atoms with van der Waals surface area (Å²) >= 11 is 0. The molecule has 0 saturated carbocycles. The van der Waals surface area contributed by atoms with Crippen molar-refractivity contribution in [1.82, 2.24) is 15.2 Å². The van der Waals surface area contributed by atoms with Crippen molar-refractivity contribution in [3.63, 3.8) is 0 Å². The van der Waals surface area contributed by atoms with Gasteiger partial charge in [-0.3, -0.25) is 4.79 Å². The van der Waals surface area contributed by atoms with Gasteiger partial charge in [0.05, 0.1) is 7.11 Å². The van der Waals surface area contributed by atoms with Crippen LogP contribution in [0.15, 0.2) is 42.6 Å². The topological polar surface area (TPSA) is 66.5 Å². The molecule has 0 saturated heterocycles. The zero-order valence-electron chi connectivity index (χ0n) is 15.8. The number of ether oxygens (including phenoxy) is 1. The summed E-state index contributed by atoms with van der Waals surface area (Å²) in [6.07, 6.45) is 3.39. The van der Waals surface area contributed by atoms with Crippen molar-refractivity contribution in [3.05, 3.63) is 53.7 Å². The van der Waals surface area contributed by atoms with E-state index in [0.717, 1.165) is 30.7 Å². The molecule has 0 aliphatic rings. The molecule has 0 aliphatic heterocycles. The highest BCUT2D eigenvalue weighted by atomic mass is 16.5. The van der Waals surface area contributed by atoms with Crippen molar-refractivity contribution >= 4 is 11.7 Å². The maximum absolute atomic E-state index is 12.2. The van der Waals surface area contributed by atoms with Gasteiger partial charge in [-0.25, -0.2) is 4.98 Å². The van der Waals surface area contributed by atoms with E-state index in [2.05, 4.69) is 20.5 Å². The average molecular weight is 356 g/mol. The molecule has 1 aromatic carbocycles. The largest absolute Gasteiger partial charge is 0.496 e. The molecule has 0 atom stereocenters. The molecule has 0 aliphatic carbocycles. The second kappa shape index (κ2) is 10.4. The van der Waals surface area contributed by atoms with Crippen molar-refractivity contribution in [3.8, 4) is 5.75 Å². The first-order valence-corrected chi connectivity index (χ1v) is 8.85. The predicted octanol–water partition coefficient (Wildman–Crippen LogP) is 2.43. The third-order valence-corrected chi connectivity index (χ3v) is 3.98. The van der Waals surface area contributed by atoms with Crippen LogP contribution in [0.2, 0.25) is 0 Å². The first-order valence-electron chi connectivity index (χ1n) is 8.85. The molecule has 6 nitrogen and oxygen atoms in total. The van der Waals surface area contributed by atoms with Crippen molar-refractivity contribution in [2.75, 3.05) is 46.2 Å². The van der Waals surface area contributed by atoms with Crippen LogP contribution in [0.5, 0.6) is 5.75 Å². The number of benzene rings is 1. The quantitative estimate of drug-likeness (QED) is 0.640. The summed E-state index contributed by atoms with van der Waals surface area (Å²) in [4.78, 5) is 18.6. The third kappa shape index (κ3) is 6.37. The van der Waals surface area contributed by atoms with Crippen LogP contribution in [0.3, 0.4) is 0 Å². The van der Waals surface area contributed by atoms with Gasteiger partial charge >= 0.3 is 0 Å². The smallest absolute Gasteiger partial charge is 0.251 e. The lowest BCUT2D eigenvalue weighted by molar-refractivity contribution is 0.0952. The number of aromatic nitrogens is 1. The highest BCUT2D eigenvalue weighted by molar-refractivity contribution is 5.94. The zero-order valence-corrected chi connectivity index (χ0v) is 15.8. The van der Waals surface area contributed by atoms with Gasteiger partial charge in [0.1, 0.15) is 11.6 Å². The van der Waals surface area contributed by atoms with Crippen molar-refractivity contribution in [2.45, 2.75) is 12.8 Å². The van der Waals surface area contributed by atoms with Crippen LogP contribution >= 0.6 is 0 Å². The molecule has 26 heavy (non-hydrogen) atoms. The summed E-state index contributed by atoms with van der Waals surface area (Å²) in [6, 6.07) is 11.5. The minimum Gasteiger partial charge on any atom is -0.496 e. The lowest BCUT2D eigenvalue weighted by Crippen LogP contribution is -2.27. The summed E-state index contributed by atoms with van der Waals surface area (Å²) in [5.41, 5.74) is 1.75. The number of anilines is 1. The van der Waals surface area contributed by atoms with Gasteiger partial charge < -0.3 is 20.3 Å². The van der Waals surface area contributed by atoms with E-state index < -0.39 is 0 Å². The van der Waals surface area contributed by atoms with Crippen LogP contribution in [0.4, 0.5) is 5.82 Å². The lowest BCUT2D eigenvalue weighted by Gasteiger charge is -2.11. The van der Waals surface area contributed by atoms with Crippen LogP contribution < -0.4 is 15.4 Å². The molecule has 140 valence electrons. The Bertz CT molecular complexity index is 704. The summed E-state index contributed by atoms with van der Waals surface area (Å²) < 4.78 is 5.36. The van der Waals surface area contributed by atoms with Crippen molar-refractivity contribution in [2.24, 2.45) is 0 Å². The minimum absolute atomic E-state index is 0.0704. The first kappa shape index (κ1) is 19.7. The van der Waals surface area contributed by atoms with Gasteiger partial charge in [-0.15, -0.1) is 0 Å². The van der Waals surface area contributed by atoms with Gasteiger partial charge in [-0.2, -0.15) is 0 Å². The number of nitrogens with one attached hydrogen (secondary N) is 2. The number of pyridine rings is 1. The van der Waals surface area contributed by atoms with E-state index in [1.807, 2.05) is 38.4 Å². The van der Waals surface area contributed by atoms with Crippen LogP contribution in [0.1, 0.15) is 22.3 Å². The van der Waals surface area contributed by atoms with Gasteiger partial charge in [0.2, 0.25) is 0 Å². The van der Waals surface area contributed by atoms with Gasteiger partial charge in [-0.05, 0) is 57.2 Å². The molecule has 2 rings (SSSR count).